The third-order valence-corrected chi connectivity index (χ3v) is 4.61. The van der Waals surface area contributed by atoms with Crippen LogP contribution in [0.1, 0.15) is 28.3 Å². The van der Waals surface area contributed by atoms with Crippen molar-refractivity contribution in [2.24, 2.45) is 7.05 Å². The summed E-state index contributed by atoms with van der Waals surface area (Å²) in [4.78, 5) is 0. The molecule has 0 aliphatic carbocycles. The van der Waals surface area contributed by atoms with Crippen molar-refractivity contribution in [3.8, 4) is 0 Å². The number of nitrogens with zero attached hydrogens (tertiary/aromatic N) is 3. The Morgan fingerprint density at radius 1 is 1.11 bits per heavy atom. The molecular weight excluding hydrogens is 258 g/mol. The maximum atomic E-state index is 12.2. The van der Waals surface area contributed by atoms with Crippen molar-refractivity contribution < 1.29 is 4.21 Å². The first-order valence-electron chi connectivity index (χ1n) is 6.23. The zero-order valence-electron chi connectivity index (χ0n) is 11.8. The molecule has 0 aliphatic rings. The molecule has 0 radical (unpaired) electrons. The minimum absolute atomic E-state index is 0.449. The molecule has 1 aromatic heterocycles. The zero-order chi connectivity index (χ0) is 14.0. The van der Waals surface area contributed by atoms with Crippen LogP contribution in [-0.4, -0.2) is 19.0 Å². The van der Waals surface area contributed by atoms with Gasteiger partial charge in [0.25, 0.3) is 0 Å². The summed E-state index contributed by atoms with van der Waals surface area (Å²) in [7, 11) is 0.944. The van der Waals surface area contributed by atoms with Crippen LogP contribution in [0.3, 0.4) is 0 Å². The zero-order valence-corrected chi connectivity index (χ0v) is 12.6. The van der Waals surface area contributed by atoms with Crippen LogP contribution in [0.4, 0.5) is 0 Å². The summed E-state index contributed by atoms with van der Waals surface area (Å²) in [6.07, 6.45) is 0. The van der Waals surface area contributed by atoms with E-state index in [2.05, 4.69) is 36.2 Å². The van der Waals surface area contributed by atoms with E-state index in [1.807, 2.05) is 24.6 Å². The molecule has 0 amide bonds. The maximum Gasteiger partial charge on any atom is 0.145 e. The van der Waals surface area contributed by atoms with E-state index >= 15 is 0 Å². The van der Waals surface area contributed by atoms with Crippen LogP contribution in [-0.2, 0) is 29.4 Å². The van der Waals surface area contributed by atoms with Crippen molar-refractivity contribution in [1.29, 1.82) is 0 Å². The van der Waals surface area contributed by atoms with Gasteiger partial charge in [-0.25, -0.2) is 0 Å². The number of rotatable bonds is 4. The van der Waals surface area contributed by atoms with Gasteiger partial charge in [-0.05, 0) is 37.5 Å². The first kappa shape index (κ1) is 13.9. The molecule has 4 nitrogen and oxygen atoms in total. The summed E-state index contributed by atoms with van der Waals surface area (Å²) < 4.78 is 14.1. The second-order valence-corrected chi connectivity index (χ2v) is 6.33. The summed E-state index contributed by atoms with van der Waals surface area (Å²) in [5.41, 5.74) is 3.61. The molecule has 0 fully saturated rings. The fraction of sp³-hybridized carbons (Fsp3) is 0.429. The number of aryl methyl sites for hydroxylation is 3. The van der Waals surface area contributed by atoms with Crippen LogP contribution in [0.25, 0.3) is 0 Å². The number of aromatic nitrogens is 3. The first-order valence-corrected chi connectivity index (χ1v) is 7.72. The molecule has 1 atom stereocenters. The molecule has 0 aliphatic heterocycles. The minimum Gasteiger partial charge on any atom is -0.318 e. The molecule has 102 valence electrons. The lowest BCUT2D eigenvalue weighted by Crippen LogP contribution is -2.06. The van der Waals surface area contributed by atoms with Gasteiger partial charge in [0.15, 0.2) is 0 Å². The largest absolute Gasteiger partial charge is 0.318 e. The minimum atomic E-state index is -0.957. The smallest absolute Gasteiger partial charge is 0.145 e. The fourth-order valence-corrected chi connectivity index (χ4v) is 3.04. The molecule has 0 saturated heterocycles. The molecule has 0 saturated carbocycles. The van der Waals surface area contributed by atoms with Gasteiger partial charge in [0.1, 0.15) is 11.6 Å². The Balaban J connectivity index is 2.05. The number of hydrogen-bond acceptors (Lipinski definition) is 3. The van der Waals surface area contributed by atoms with Crippen LogP contribution in [0.15, 0.2) is 18.2 Å². The van der Waals surface area contributed by atoms with E-state index in [-0.39, 0.29) is 0 Å². The average molecular weight is 277 g/mol. The molecule has 0 bridgehead atoms. The van der Waals surface area contributed by atoms with E-state index in [1.165, 1.54) is 11.1 Å². The van der Waals surface area contributed by atoms with E-state index in [1.54, 1.807) is 0 Å². The summed E-state index contributed by atoms with van der Waals surface area (Å²) in [5, 5.41) is 8.03. The van der Waals surface area contributed by atoms with Gasteiger partial charge in [-0.1, -0.05) is 18.2 Å². The Morgan fingerprint density at radius 2 is 1.84 bits per heavy atom. The van der Waals surface area contributed by atoms with Gasteiger partial charge in [0.2, 0.25) is 0 Å². The highest BCUT2D eigenvalue weighted by Gasteiger charge is 2.10. The first-order chi connectivity index (χ1) is 8.97. The molecular formula is C14H19N3OS. The topological polar surface area (TPSA) is 47.8 Å². The van der Waals surface area contributed by atoms with E-state index < -0.39 is 10.8 Å². The van der Waals surface area contributed by atoms with Crippen LogP contribution < -0.4 is 0 Å². The second kappa shape index (κ2) is 5.65. The molecule has 1 heterocycles. The monoisotopic (exact) mass is 277 g/mol. The van der Waals surface area contributed by atoms with Gasteiger partial charge >= 0.3 is 0 Å². The third-order valence-electron chi connectivity index (χ3n) is 3.37. The molecule has 1 aromatic carbocycles. The van der Waals surface area contributed by atoms with E-state index in [4.69, 9.17) is 0 Å². The molecule has 19 heavy (non-hydrogen) atoms. The Hall–Kier alpha value is -1.49. The summed E-state index contributed by atoms with van der Waals surface area (Å²) in [6, 6.07) is 6.23. The predicted octanol–water partition coefficient (Wildman–Crippen LogP) is 2.19. The van der Waals surface area contributed by atoms with Crippen molar-refractivity contribution in [2.75, 3.05) is 0 Å². The summed E-state index contributed by atoms with van der Waals surface area (Å²) >= 11 is 0. The molecule has 2 rings (SSSR count). The lowest BCUT2D eigenvalue weighted by atomic mass is 10.1. The van der Waals surface area contributed by atoms with E-state index in [0.29, 0.717) is 11.5 Å². The van der Waals surface area contributed by atoms with Gasteiger partial charge in [0, 0.05) is 23.6 Å². The number of benzene rings is 1. The van der Waals surface area contributed by atoms with Gasteiger partial charge in [-0.3, -0.25) is 4.21 Å². The molecule has 2 aromatic rings. The standard InChI is InChI=1S/C14H19N3OS/c1-10-5-6-13(7-11(10)2)8-19(18)9-14-16-15-12(3)17(14)4/h5-7H,8-9H2,1-4H3/t19-/m0/s1. The summed E-state index contributed by atoms with van der Waals surface area (Å²) in [6.45, 7) is 6.05. The molecule has 0 N–H and O–H groups in total. The van der Waals surface area contributed by atoms with Gasteiger partial charge < -0.3 is 4.57 Å². The van der Waals surface area contributed by atoms with Gasteiger partial charge in [-0.2, -0.15) is 0 Å². The Kier molecular flexibility index (Phi) is 4.14. The Morgan fingerprint density at radius 3 is 2.42 bits per heavy atom. The van der Waals surface area contributed by atoms with Crippen molar-refractivity contribution in [1.82, 2.24) is 14.8 Å². The van der Waals surface area contributed by atoms with Crippen molar-refractivity contribution in [3.63, 3.8) is 0 Å². The molecule has 5 heteroatoms. The highest BCUT2D eigenvalue weighted by molar-refractivity contribution is 7.83. The highest BCUT2D eigenvalue weighted by atomic mass is 32.2. The normalized spacial score (nSPS) is 12.6. The van der Waals surface area contributed by atoms with Gasteiger partial charge in [-0.15, -0.1) is 10.2 Å². The van der Waals surface area contributed by atoms with Crippen molar-refractivity contribution >= 4 is 10.8 Å². The van der Waals surface area contributed by atoms with E-state index in [0.717, 1.165) is 17.2 Å². The maximum absolute atomic E-state index is 12.2. The summed E-state index contributed by atoms with van der Waals surface area (Å²) in [5.74, 6) is 2.63. The lowest BCUT2D eigenvalue weighted by molar-refractivity contribution is 0.678. The predicted molar refractivity (Wildman–Crippen MR) is 77.2 cm³/mol. The van der Waals surface area contributed by atoms with Crippen LogP contribution in [0.2, 0.25) is 0 Å². The average Bonchev–Trinajstić information content (AvgIpc) is 2.66. The highest BCUT2D eigenvalue weighted by Crippen LogP contribution is 2.13. The van der Waals surface area contributed by atoms with Crippen LogP contribution >= 0.6 is 0 Å². The third kappa shape index (κ3) is 3.29. The molecule has 0 spiro atoms. The van der Waals surface area contributed by atoms with Crippen LogP contribution in [0, 0.1) is 20.8 Å². The SMILES string of the molecule is Cc1ccc(C[S@](=O)Cc2nnc(C)n2C)cc1C. The number of hydrogen-bond donors (Lipinski definition) is 0. The molecule has 0 unspecified atom stereocenters. The van der Waals surface area contributed by atoms with Crippen molar-refractivity contribution in [2.45, 2.75) is 32.3 Å². The fourth-order valence-electron chi connectivity index (χ4n) is 1.85. The Labute approximate surface area is 116 Å². The van der Waals surface area contributed by atoms with E-state index in [9.17, 15) is 4.21 Å². The van der Waals surface area contributed by atoms with Crippen LogP contribution in [0.5, 0.6) is 0 Å². The Bertz CT molecular complexity index is 619. The lowest BCUT2D eigenvalue weighted by Gasteiger charge is -2.06. The van der Waals surface area contributed by atoms with Crippen molar-refractivity contribution in [3.05, 3.63) is 46.5 Å². The second-order valence-electron chi connectivity index (χ2n) is 4.87. The quantitative estimate of drug-likeness (QED) is 0.860. The van der Waals surface area contributed by atoms with Gasteiger partial charge in [0.05, 0.1) is 5.75 Å².